The van der Waals surface area contributed by atoms with Crippen LogP contribution in [0.1, 0.15) is 75.0 Å². The first-order valence-electron chi connectivity index (χ1n) is 25.4. The van der Waals surface area contributed by atoms with Crippen LogP contribution in [0.15, 0.2) is 107 Å². The van der Waals surface area contributed by atoms with Crippen LogP contribution >= 0.6 is 49.1 Å². The van der Waals surface area contributed by atoms with Crippen molar-refractivity contribution < 1.29 is 98.7 Å². The summed E-state index contributed by atoms with van der Waals surface area (Å²) in [4.78, 5) is 66.7. The first-order valence-corrected chi connectivity index (χ1v) is 30.4. The fourth-order valence-electron chi connectivity index (χ4n) is 6.58. The SMILES string of the molecule is C1CCOC1.C=CCOC(=O)C(Cc1ccc(OP(=O)(Cl)N(C)CCCCCl)cc1)NC(C)=O.C=CCOC(=O)C(Cc1ccc(OP(=O)(OCc2ccc([N+](=O)[O-])o2)N(C)CCCCCl)cc1)NC(C)=O.O=[N+]([O-])c1ccc(C[O-])o1.[Li+]. The standard InChI is InChI=1S/C24H31ClN3O9P.C19H27Cl2N2O5P.C5H4NO4.C4H8O.Li/c1-4-15-34-24(30)22(26-18(2)29)16-19-7-9-20(10-8-19)37-38(33,27(3)14-6-5-13-25)35-17-21-11-12-23(36-21)28(31)32;1-4-13-27-19(25)18(22-15(2)24)14-16-7-9-17(10-8-16)28-29(21,26)23(3)12-6-5-11-20;7-3-4-1-2-5(10-4)6(8)9;1-2-4-5-3-1;/h4,7-12,22H,1,5-6,13-17H2,2-3H3,(H,26,29);4,7-10,18H,1,5-6,11-14H2,2-3H3,(H,22,24);1-2H,3H2;1-4H2;/q;;-1;;+1. The van der Waals surface area contributed by atoms with Gasteiger partial charge in [-0.15, -0.1) is 23.2 Å². The second kappa shape index (κ2) is 41.5. The quantitative estimate of drug-likeness (QED) is 0.00759. The van der Waals surface area contributed by atoms with E-state index in [9.17, 15) is 53.6 Å². The number of furan rings is 2. The van der Waals surface area contributed by atoms with Crippen molar-refractivity contribution in [1.82, 2.24) is 20.0 Å². The van der Waals surface area contributed by atoms with Crippen LogP contribution in [0.25, 0.3) is 0 Å². The van der Waals surface area contributed by atoms with Gasteiger partial charge in [0.1, 0.15) is 59.0 Å². The number of carbonyl (C=O) groups excluding carboxylic acids is 4. The van der Waals surface area contributed by atoms with Crippen LogP contribution in [-0.2, 0) is 73.1 Å². The van der Waals surface area contributed by atoms with Crippen LogP contribution in [-0.4, -0.2) is 120 Å². The van der Waals surface area contributed by atoms with E-state index in [0.717, 1.165) is 37.7 Å². The van der Waals surface area contributed by atoms with E-state index in [1.807, 2.05) is 0 Å². The number of rotatable bonds is 32. The molecule has 2 aromatic heterocycles. The molecule has 0 radical (unpaired) electrons. The maximum absolute atomic E-state index is 13.7. The van der Waals surface area contributed by atoms with Gasteiger partial charge in [-0.1, -0.05) is 56.2 Å². The summed E-state index contributed by atoms with van der Waals surface area (Å²) >= 11 is 17.5. The molecule has 4 unspecified atom stereocenters. The molecule has 4 atom stereocenters. The molecule has 83 heavy (non-hydrogen) atoms. The molecule has 1 saturated heterocycles. The third-order valence-electron chi connectivity index (χ3n) is 10.7. The Balaban J connectivity index is 0.000000666. The van der Waals surface area contributed by atoms with Crippen molar-refractivity contribution in [3.8, 4) is 11.5 Å². The molecule has 0 aliphatic carbocycles. The van der Waals surface area contributed by atoms with Crippen molar-refractivity contribution in [1.29, 1.82) is 0 Å². The largest absolute Gasteiger partial charge is 1.00 e. The first kappa shape index (κ1) is 75.5. The molecule has 0 saturated carbocycles. The number of nitrogens with zero attached hydrogens (tertiary/aromatic N) is 4. The molecule has 2 amide bonds. The molecule has 25 nitrogen and oxygen atoms in total. The molecule has 454 valence electrons. The summed E-state index contributed by atoms with van der Waals surface area (Å²) < 4.78 is 70.6. The van der Waals surface area contributed by atoms with E-state index < -0.39 is 61.0 Å². The number of benzene rings is 2. The van der Waals surface area contributed by atoms with Gasteiger partial charge in [-0.25, -0.2) is 28.1 Å². The van der Waals surface area contributed by atoms with Crippen LogP contribution in [0.4, 0.5) is 11.8 Å². The number of nitrogens with one attached hydrogen (secondary N) is 2. The second-order valence-electron chi connectivity index (χ2n) is 17.4. The number of unbranched alkanes of at least 4 members (excludes halogenated alkanes) is 2. The van der Waals surface area contributed by atoms with E-state index in [2.05, 4.69) is 28.2 Å². The van der Waals surface area contributed by atoms with Crippen LogP contribution in [0.3, 0.4) is 0 Å². The Labute approximate surface area is 509 Å². The second-order valence-corrected chi connectivity index (χ2v) is 23.3. The zero-order valence-electron chi connectivity index (χ0n) is 47.0. The molecular formula is C52H70Cl3LiN6O19P2. The molecule has 4 aromatic rings. The topological polar surface area (TPSA) is 324 Å². The minimum absolute atomic E-state index is 0. The smallest absolute Gasteiger partial charge is 0.849 e. The van der Waals surface area contributed by atoms with Gasteiger partial charge in [0.05, 0.1) is 17.9 Å². The zero-order chi connectivity index (χ0) is 61.1. The predicted octanol–water partition coefficient (Wildman–Crippen LogP) is 6.61. The number of amides is 2. The monoisotopic (exact) mass is 1260 g/mol. The molecule has 0 bridgehead atoms. The van der Waals surface area contributed by atoms with Crippen molar-refractivity contribution >= 4 is 84.6 Å². The van der Waals surface area contributed by atoms with Crippen molar-refractivity contribution in [2.24, 2.45) is 0 Å². The van der Waals surface area contributed by atoms with Gasteiger partial charge >= 0.3 is 57.2 Å². The van der Waals surface area contributed by atoms with Gasteiger partial charge in [0.15, 0.2) is 0 Å². The Morgan fingerprint density at radius 1 is 0.687 bits per heavy atom. The number of esters is 2. The van der Waals surface area contributed by atoms with Crippen molar-refractivity contribution in [2.75, 3.05) is 65.4 Å². The Hall–Kier alpha value is -5.51. The number of hydrogen-bond acceptors (Lipinski definition) is 19. The molecule has 3 heterocycles. The molecule has 5 rings (SSSR count). The third-order valence-corrected chi connectivity index (χ3v) is 15.6. The minimum atomic E-state index is -3.92. The maximum atomic E-state index is 13.7. The number of ether oxygens (including phenoxy) is 3. The van der Waals surface area contributed by atoms with Crippen LogP contribution in [0.5, 0.6) is 11.5 Å². The fourth-order valence-corrected chi connectivity index (χ4v) is 9.78. The summed E-state index contributed by atoms with van der Waals surface area (Å²) in [6.07, 6.45) is 8.69. The molecule has 2 N–H and O–H groups in total. The number of carbonyl (C=O) groups is 4. The number of halogens is 3. The van der Waals surface area contributed by atoms with E-state index in [1.165, 1.54) is 66.4 Å². The Kier molecular flexibility index (Phi) is 37.7. The molecule has 2 aromatic carbocycles. The fraction of sp³-hybridized carbons (Fsp3) is 0.462. The van der Waals surface area contributed by atoms with E-state index >= 15 is 0 Å². The average molecular weight is 1260 g/mol. The Morgan fingerprint density at radius 3 is 1.47 bits per heavy atom. The predicted molar refractivity (Wildman–Crippen MR) is 305 cm³/mol. The summed E-state index contributed by atoms with van der Waals surface area (Å²) in [5.41, 5.74) is 1.44. The minimum Gasteiger partial charge on any atom is -0.849 e. The molecule has 1 fully saturated rings. The Bertz CT molecular complexity index is 2710. The van der Waals surface area contributed by atoms with Crippen molar-refractivity contribution in [3.05, 3.63) is 141 Å². The summed E-state index contributed by atoms with van der Waals surface area (Å²) in [6.45, 7) is 8.13. The first-order chi connectivity index (χ1) is 39.0. The summed E-state index contributed by atoms with van der Waals surface area (Å²) in [5.74, 6) is -1.00. The average Bonchev–Trinajstić information content (AvgIpc) is 4.34. The van der Waals surface area contributed by atoms with Gasteiger partial charge in [0.25, 0.3) is 0 Å². The molecule has 0 spiro atoms. The normalized spacial score (nSPS) is 13.6. The van der Waals surface area contributed by atoms with Gasteiger partial charge in [-0.05, 0) is 100 Å². The van der Waals surface area contributed by atoms with Gasteiger partial charge in [0.2, 0.25) is 11.8 Å². The van der Waals surface area contributed by atoms with E-state index in [4.69, 9.17) is 66.6 Å². The van der Waals surface area contributed by atoms with E-state index in [0.29, 0.717) is 49.0 Å². The molecular weight excluding hydrogens is 1190 g/mol. The Morgan fingerprint density at radius 2 is 1.11 bits per heavy atom. The van der Waals surface area contributed by atoms with E-state index in [-0.39, 0.29) is 86.5 Å². The van der Waals surface area contributed by atoms with Gasteiger partial charge in [-0.2, -0.15) is 0 Å². The summed E-state index contributed by atoms with van der Waals surface area (Å²) in [6, 6.07) is 16.3. The van der Waals surface area contributed by atoms with Gasteiger partial charge in [0, 0.05) is 76.0 Å². The van der Waals surface area contributed by atoms with Crippen LogP contribution in [0.2, 0.25) is 0 Å². The van der Waals surface area contributed by atoms with Crippen LogP contribution in [0, 0.1) is 20.2 Å². The third kappa shape index (κ3) is 30.7. The molecule has 31 heteroatoms. The number of nitro groups is 2. The number of hydrogen-bond donors (Lipinski definition) is 2. The van der Waals surface area contributed by atoms with Crippen molar-refractivity contribution in [2.45, 2.75) is 90.5 Å². The molecule has 1 aliphatic rings. The van der Waals surface area contributed by atoms with Gasteiger partial charge < -0.3 is 47.8 Å². The summed E-state index contributed by atoms with van der Waals surface area (Å²) in [7, 11) is -0.724. The summed E-state index contributed by atoms with van der Waals surface area (Å²) in [5, 5.41) is 36.0. The van der Waals surface area contributed by atoms with Crippen LogP contribution < -0.4 is 43.6 Å². The maximum Gasteiger partial charge on any atom is 1.00 e. The molecule has 1 aliphatic heterocycles. The van der Waals surface area contributed by atoms with Crippen molar-refractivity contribution in [3.63, 3.8) is 0 Å². The zero-order valence-corrected chi connectivity index (χ0v) is 51.0. The number of alkyl halides is 2. The van der Waals surface area contributed by atoms with E-state index in [1.54, 1.807) is 62.6 Å². The van der Waals surface area contributed by atoms with Gasteiger partial charge in [-0.3, -0.25) is 34.3 Å².